The molecule has 2 heterocycles. The van der Waals surface area contributed by atoms with E-state index in [9.17, 15) is 14.9 Å². The number of halogens is 1. The fraction of sp³-hybridized carbons (Fsp3) is 0.250. The molecule has 2 fully saturated rings. The predicted molar refractivity (Wildman–Crippen MR) is 122 cm³/mol. The molecule has 3 aromatic rings. The van der Waals surface area contributed by atoms with Gasteiger partial charge in [-0.15, -0.1) is 0 Å². The van der Waals surface area contributed by atoms with E-state index in [1.54, 1.807) is 12.1 Å². The number of benzene rings is 2. The average Bonchev–Trinajstić information content (AvgIpc) is 3.36. The Morgan fingerprint density at radius 2 is 1.97 bits per heavy atom. The summed E-state index contributed by atoms with van der Waals surface area (Å²) in [5, 5.41) is 17.0. The molecule has 7 nitrogen and oxygen atoms in total. The molecule has 0 unspecified atom stereocenters. The van der Waals surface area contributed by atoms with E-state index in [-0.39, 0.29) is 11.9 Å². The highest BCUT2D eigenvalue weighted by Crippen LogP contribution is 2.37. The molecular formula is C24H20ClN5O2. The standard InChI is InChI=1S/C24H20ClN5O2/c25-19-8-4-7-18-20(16(12-26)14-28-21(18)19)27-13-15-5-3-6-17(11-15)30-22(31)24(29-23(30)32)9-1-2-10-24/h3-8,11,14H,1-2,9-10,13H2,(H,27,28)(H,29,32). The quantitative estimate of drug-likeness (QED) is 0.565. The Labute approximate surface area is 190 Å². The third-order valence-corrected chi connectivity index (χ3v) is 6.53. The van der Waals surface area contributed by atoms with Gasteiger partial charge in [0.1, 0.15) is 11.6 Å². The smallest absolute Gasteiger partial charge is 0.329 e. The number of para-hydroxylation sites is 1. The molecule has 3 amide bonds. The van der Waals surface area contributed by atoms with Gasteiger partial charge in [0.15, 0.2) is 0 Å². The molecule has 0 atom stereocenters. The topological polar surface area (TPSA) is 98.1 Å². The van der Waals surface area contributed by atoms with Gasteiger partial charge in [-0.1, -0.05) is 48.7 Å². The Kier molecular flexibility index (Phi) is 4.95. The Balaban J connectivity index is 1.43. The van der Waals surface area contributed by atoms with Crippen LogP contribution in [0.1, 0.15) is 36.8 Å². The monoisotopic (exact) mass is 445 g/mol. The number of aromatic nitrogens is 1. The molecular weight excluding hydrogens is 426 g/mol. The zero-order valence-electron chi connectivity index (χ0n) is 17.2. The summed E-state index contributed by atoms with van der Waals surface area (Å²) < 4.78 is 0. The van der Waals surface area contributed by atoms with Crippen LogP contribution in [0, 0.1) is 11.3 Å². The van der Waals surface area contributed by atoms with Gasteiger partial charge < -0.3 is 10.6 Å². The maximum absolute atomic E-state index is 13.1. The largest absolute Gasteiger partial charge is 0.379 e. The summed E-state index contributed by atoms with van der Waals surface area (Å²) in [6.07, 6.45) is 4.75. The number of amides is 3. The third kappa shape index (κ3) is 3.24. The summed E-state index contributed by atoms with van der Waals surface area (Å²) in [7, 11) is 0. The maximum Gasteiger partial charge on any atom is 0.329 e. The number of nitrogens with zero attached hydrogens (tertiary/aromatic N) is 3. The van der Waals surface area contributed by atoms with Crippen LogP contribution in [0.3, 0.4) is 0 Å². The highest BCUT2D eigenvalue weighted by atomic mass is 35.5. The van der Waals surface area contributed by atoms with Gasteiger partial charge in [-0.25, -0.2) is 9.69 Å². The van der Waals surface area contributed by atoms with Crippen LogP contribution in [0.15, 0.2) is 48.7 Å². The number of nitriles is 1. The number of rotatable bonds is 4. The maximum atomic E-state index is 13.1. The van der Waals surface area contributed by atoms with Crippen molar-refractivity contribution in [1.29, 1.82) is 5.26 Å². The van der Waals surface area contributed by atoms with Crippen LogP contribution >= 0.6 is 11.6 Å². The molecule has 0 radical (unpaired) electrons. The van der Waals surface area contributed by atoms with Gasteiger partial charge >= 0.3 is 6.03 Å². The molecule has 0 bridgehead atoms. The highest BCUT2D eigenvalue weighted by molar-refractivity contribution is 6.35. The normalized spacial score (nSPS) is 17.1. The van der Waals surface area contributed by atoms with Crippen LogP contribution in [-0.4, -0.2) is 22.5 Å². The van der Waals surface area contributed by atoms with Crippen molar-refractivity contribution in [2.75, 3.05) is 10.2 Å². The minimum atomic E-state index is -0.748. The Hall–Kier alpha value is -3.63. The Bertz CT molecular complexity index is 1290. The molecule has 2 N–H and O–H groups in total. The second-order valence-corrected chi connectivity index (χ2v) is 8.59. The van der Waals surface area contributed by atoms with E-state index in [2.05, 4.69) is 21.7 Å². The minimum Gasteiger partial charge on any atom is -0.379 e. The van der Waals surface area contributed by atoms with Gasteiger partial charge in [0.2, 0.25) is 0 Å². The van der Waals surface area contributed by atoms with E-state index < -0.39 is 5.54 Å². The molecule has 1 saturated heterocycles. The number of nitrogens with one attached hydrogen (secondary N) is 2. The zero-order chi connectivity index (χ0) is 22.3. The van der Waals surface area contributed by atoms with Crippen LogP contribution in [-0.2, 0) is 11.3 Å². The average molecular weight is 446 g/mol. The van der Waals surface area contributed by atoms with Crippen molar-refractivity contribution < 1.29 is 9.59 Å². The van der Waals surface area contributed by atoms with Crippen molar-refractivity contribution in [1.82, 2.24) is 10.3 Å². The van der Waals surface area contributed by atoms with E-state index in [0.29, 0.717) is 46.9 Å². The number of pyridine rings is 1. The summed E-state index contributed by atoms with van der Waals surface area (Å²) in [5.41, 5.74) is 2.33. The van der Waals surface area contributed by atoms with E-state index in [1.807, 2.05) is 30.3 Å². The molecule has 5 rings (SSSR count). The van der Waals surface area contributed by atoms with E-state index in [0.717, 1.165) is 23.8 Å². The number of fused-ring (bicyclic) bond motifs is 1. The third-order valence-electron chi connectivity index (χ3n) is 6.23. The lowest BCUT2D eigenvalue weighted by Crippen LogP contribution is -2.44. The molecule has 160 valence electrons. The molecule has 2 aliphatic rings. The number of imide groups is 1. The molecule has 1 aliphatic heterocycles. The van der Waals surface area contributed by atoms with Gasteiger partial charge in [-0.05, 0) is 36.6 Å². The van der Waals surface area contributed by atoms with E-state index in [1.165, 1.54) is 11.1 Å². The lowest BCUT2D eigenvalue weighted by atomic mass is 9.98. The highest BCUT2D eigenvalue weighted by Gasteiger charge is 2.52. The summed E-state index contributed by atoms with van der Waals surface area (Å²) in [5.74, 6) is -0.174. The number of hydrogen-bond acceptors (Lipinski definition) is 5. The molecule has 32 heavy (non-hydrogen) atoms. The van der Waals surface area contributed by atoms with Crippen LogP contribution in [0.2, 0.25) is 5.02 Å². The van der Waals surface area contributed by atoms with Crippen molar-refractivity contribution >= 4 is 45.8 Å². The minimum absolute atomic E-state index is 0.174. The van der Waals surface area contributed by atoms with Gasteiger partial charge in [-0.2, -0.15) is 5.26 Å². The van der Waals surface area contributed by atoms with Crippen LogP contribution in [0.25, 0.3) is 10.9 Å². The van der Waals surface area contributed by atoms with E-state index >= 15 is 0 Å². The number of carbonyl (C=O) groups is 2. The summed E-state index contributed by atoms with van der Waals surface area (Å²) in [6.45, 7) is 0.392. The van der Waals surface area contributed by atoms with Crippen molar-refractivity contribution in [3.8, 4) is 6.07 Å². The summed E-state index contributed by atoms with van der Waals surface area (Å²) >= 11 is 6.27. The second-order valence-electron chi connectivity index (χ2n) is 8.18. The molecule has 8 heteroatoms. The fourth-order valence-corrected chi connectivity index (χ4v) is 4.85. The first kappa shape index (κ1) is 20.3. The van der Waals surface area contributed by atoms with Crippen molar-refractivity contribution in [3.05, 3.63) is 64.8 Å². The number of carbonyl (C=O) groups excluding carboxylic acids is 2. The van der Waals surface area contributed by atoms with Gasteiger partial charge in [0, 0.05) is 18.1 Å². The summed E-state index contributed by atoms with van der Waals surface area (Å²) in [6, 6.07) is 14.5. The molecule has 2 aromatic carbocycles. The molecule has 1 aromatic heterocycles. The second kappa shape index (κ2) is 7.81. The first-order chi connectivity index (χ1) is 15.5. The number of hydrogen-bond donors (Lipinski definition) is 2. The van der Waals surface area contributed by atoms with Crippen molar-refractivity contribution in [2.45, 2.75) is 37.8 Å². The number of anilines is 2. The first-order valence-corrected chi connectivity index (χ1v) is 10.9. The number of urea groups is 1. The fourth-order valence-electron chi connectivity index (χ4n) is 4.63. The first-order valence-electron chi connectivity index (χ1n) is 10.5. The van der Waals surface area contributed by atoms with Crippen molar-refractivity contribution in [3.63, 3.8) is 0 Å². The van der Waals surface area contributed by atoms with Crippen LogP contribution < -0.4 is 15.5 Å². The van der Waals surface area contributed by atoms with Gasteiger partial charge in [0.05, 0.1) is 27.5 Å². The molecule has 1 spiro atoms. The van der Waals surface area contributed by atoms with Crippen molar-refractivity contribution in [2.24, 2.45) is 0 Å². The van der Waals surface area contributed by atoms with Crippen LogP contribution in [0.5, 0.6) is 0 Å². The zero-order valence-corrected chi connectivity index (χ0v) is 17.9. The Morgan fingerprint density at radius 3 is 2.75 bits per heavy atom. The lowest BCUT2D eigenvalue weighted by molar-refractivity contribution is -0.121. The SMILES string of the molecule is N#Cc1cnc2c(Cl)cccc2c1NCc1cccc(N2C(=O)NC3(CCCC3)C2=O)c1. The van der Waals surface area contributed by atoms with Gasteiger partial charge in [0.25, 0.3) is 5.91 Å². The van der Waals surface area contributed by atoms with Gasteiger partial charge in [-0.3, -0.25) is 9.78 Å². The lowest BCUT2D eigenvalue weighted by Gasteiger charge is -2.20. The Morgan fingerprint density at radius 1 is 1.19 bits per heavy atom. The molecule has 1 saturated carbocycles. The van der Waals surface area contributed by atoms with E-state index in [4.69, 9.17) is 11.6 Å². The molecule has 1 aliphatic carbocycles. The van der Waals surface area contributed by atoms with Crippen LogP contribution in [0.4, 0.5) is 16.2 Å². The predicted octanol–water partition coefficient (Wildman–Crippen LogP) is 4.74. The summed E-state index contributed by atoms with van der Waals surface area (Å²) in [4.78, 5) is 31.2.